The van der Waals surface area contributed by atoms with Crippen LogP contribution in [0.4, 0.5) is 0 Å². The van der Waals surface area contributed by atoms with Gasteiger partial charge in [-0.1, -0.05) is 11.8 Å². The normalized spacial score (nSPS) is 17.9. The Morgan fingerprint density at radius 2 is 1.85 bits per heavy atom. The van der Waals surface area contributed by atoms with Crippen LogP contribution < -0.4 is 4.74 Å². The van der Waals surface area contributed by atoms with Crippen molar-refractivity contribution in [3.05, 3.63) is 36.0 Å². The molecule has 0 unspecified atom stereocenters. The zero-order chi connectivity index (χ0) is 18.4. The first-order valence-electron chi connectivity index (χ1n) is 9.32. The first-order chi connectivity index (χ1) is 13.2. The van der Waals surface area contributed by atoms with E-state index in [1.807, 2.05) is 24.3 Å². The highest BCUT2D eigenvalue weighted by Gasteiger charge is 2.37. The molecule has 140 valence electrons. The molecule has 1 atom stereocenters. The third-order valence-electron chi connectivity index (χ3n) is 4.95. The molecule has 2 heterocycles. The van der Waals surface area contributed by atoms with Crippen molar-refractivity contribution in [2.24, 2.45) is 0 Å². The summed E-state index contributed by atoms with van der Waals surface area (Å²) < 4.78 is 13.5. The molecule has 2 saturated carbocycles. The average molecular weight is 383 g/mol. The third-order valence-corrected chi connectivity index (χ3v) is 6.00. The van der Waals surface area contributed by atoms with Crippen LogP contribution in [0.5, 0.6) is 5.75 Å². The van der Waals surface area contributed by atoms with E-state index in [0.29, 0.717) is 23.7 Å². The number of nitrogens with zero attached hydrogens (tertiary/aromatic N) is 5. The second-order valence-corrected chi connectivity index (χ2v) is 8.46. The molecular formula is C19H21N5O2S. The van der Waals surface area contributed by atoms with Gasteiger partial charge in [0, 0.05) is 17.5 Å². The van der Waals surface area contributed by atoms with E-state index in [2.05, 4.69) is 31.9 Å². The Balaban J connectivity index is 1.34. The molecule has 0 amide bonds. The molecule has 2 aliphatic rings. The number of benzene rings is 1. The Labute approximate surface area is 161 Å². The molecule has 0 saturated heterocycles. The molecule has 3 aromatic rings. The summed E-state index contributed by atoms with van der Waals surface area (Å²) in [6, 6.07) is 8.17. The zero-order valence-corrected chi connectivity index (χ0v) is 16.1. The number of hydrogen-bond donors (Lipinski definition) is 0. The van der Waals surface area contributed by atoms with E-state index in [-0.39, 0.29) is 5.25 Å². The Hall–Kier alpha value is -2.35. The van der Waals surface area contributed by atoms with Crippen LogP contribution in [0.2, 0.25) is 0 Å². The SMILES string of the molecule is COc1ccc(-c2nnc([C@@H](C)Sc3nnc(C4CC4)n3C3CC3)o2)cc1. The van der Waals surface area contributed by atoms with Crippen LogP contribution in [0.25, 0.3) is 11.5 Å². The number of ether oxygens (including phenoxy) is 1. The van der Waals surface area contributed by atoms with Gasteiger partial charge < -0.3 is 13.7 Å². The number of thioether (sulfide) groups is 1. The minimum Gasteiger partial charge on any atom is -0.497 e. The molecule has 2 aromatic heterocycles. The van der Waals surface area contributed by atoms with Crippen molar-refractivity contribution in [3.63, 3.8) is 0 Å². The van der Waals surface area contributed by atoms with Crippen molar-refractivity contribution < 1.29 is 9.15 Å². The summed E-state index contributed by atoms with van der Waals surface area (Å²) in [5.74, 6) is 3.68. The predicted octanol–water partition coefficient (Wildman–Crippen LogP) is 4.40. The molecule has 8 heteroatoms. The molecule has 0 bridgehead atoms. The fraction of sp³-hybridized carbons (Fsp3) is 0.474. The number of rotatable bonds is 7. The van der Waals surface area contributed by atoms with Gasteiger partial charge in [0.2, 0.25) is 11.8 Å². The van der Waals surface area contributed by atoms with Crippen molar-refractivity contribution in [1.29, 1.82) is 0 Å². The van der Waals surface area contributed by atoms with E-state index in [1.54, 1.807) is 18.9 Å². The van der Waals surface area contributed by atoms with Gasteiger partial charge in [-0.3, -0.25) is 0 Å². The first-order valence-corrected chi connectivity index (χ1v) is 10.2. The third kappa shape index (κ3) is 3.34. The molecule has 0 aliphatic heterocycles. The predicted molar refractivity (Wildman–Crippen MR) is 101 cm³/mol. The second kappa shape index (κ2) is 6.67. The average Bonchev–Trinajstić information content (AvgIpc) is 3.63. The maximum absolute atomic E-state index is 5.92. The van der Waals surface area contributed by atoms with Gasteiger partial charge in [-0.15, -0.1) is 20.4 Å². The monoisotopic (exact) mass is 383 g/mol. The smallest absolute Gasteiger partial charge is 0.247 e. The molecule has 0 N–H and O–H groups in total. The lowest BCUT2D eigenvalue weighted by Crippen LogP contribution is -2.02. The quantitative estimate of drug-likeness (QED) is 0.559. The van der Waals surface area contributed by atoms with Gasteiger partial charge in [0.1, 0.15) is 11.6 Å². The van der Waals surface area contributed by atoms with Crippen LogP contribution in [0.1, 0.15) is 61.5 Å². The van der Waals surface area contributed by atoms with Crippen LogP contribution in [0.15, 0.2) is 33.8 Å². The highest BCUT2D eigenvalue weighted by Crippen LogP contribution is 2.47. The van der Waals surface area contributed by atoms with Gasteiger partial charge in [-0.25, -0.2) is 0 Å². The minimum atomic E-state index is 0.0123. The zero-order valence-electron chi connectivity index (χ0n) is 15.3. The highest BCUT2D eigenvalue weighted by atomic mass is 32.2. The van der Waals surface area contributed by atoms with E-state index in [4.69, 9.17) is 9.15 Å². The van der Waals surface area contributed by atoms with Gasteiger partial charge in [0.15, 0.2) is 5.16 Å². The second-order valence-electron chi connectivity index (χ2n) is 7.15. The van der Waals surface area contributed by atoms with Crippen LogP contribution in [0, 0.1) is 0 Å². The van der Waals surface area contributed by atoms with Gasteiger partial charge in [-0.05, 0) is 56.9 Å². The molecule has 2 aliphatic carbocycles. The molecule has 0 radical (unpaired) electrons. The van der Waals surface area contributed by atoms with E-state index < -0.39 is 0 Å². The summed E-state index contributed by atoms with van der Waals surface area (Å²) in [7, 11) is 1.65. The molecule has 27 heavy (non-hydrogen) atoms. The van der Waals surface area contributed by atoms with Crippen molar-refractivity contribution in [2.75, 3.05) is 7.11 Å². The summed E-state index contributed by atoms with van der Waals surface area (Å²) in [4.78, 5) is 0. The summed E-state index contributed by atoms with van der Waals surface area (Å²) in [5.41, 5.74) is 0.879. The van der Waals surface area contributed by atoms with Gasteiger partial charge in [0.05, 0.1) is 12.4 Å². The molecule has 1 aromatic carbocycles. The Morgan fingerprint density at radius 1 is 1.07 bits per heavy atom. The van der Waals surface area contributed by atoms with Crippen molar-refractivity contribution in [1.82, 2.24) is 25.0 Å². The van der Waals surface area contributed by atoms with E-state index in [1.165, 1.54) is 25.7 Å². The Morgan fingerprint density at radius 3 is 2.52 bits per heavy atom. The molecular weight excluding hydrogens is 362 g/mol. The summed E-state index contributed by atoms with van der Waals surface area (Å²) in [6.07, 6.45) is 4.92. The van der Waals surface area contributed by atoms with E-state index in [0.717, 1.165) is 22.3 Å². The van der Waals surface area contributed by atoms with Crippen LogP contribution in [-0.2, 0) is 0 Å². The van der Waals surface area contributed by atoms with Gasteiger partial charge >= 0.3 is 0 Å². The number of aromatic nitrogens is 5. The van der Waals surface area contributed by atoms with Gasteiger partial charge in [0.25, 0.3) is 0 Å². The Bertz CT molecular complexity index is 943. The summed E-state index contributed by atoms with van der Waals surface area (Å²) in [5, 5.41) is 18.4. The van der Waals surface area contributed by atoms with Gasteiger partial charge in [-0.2, -0.15) is 0 Å². The lowest BCUT2D eigenvalue weighted by atomic mass is 10.2. The van der Waals surface area contributed by atoms with E-state index >= 15 is 0 Å². The maximum atomic E-state index is 5.92. The standard InChI is InChI=1S/C19H21N5O2S/c1-11(17-21-22-18(26-17)13-5-9-15(25-2)10-6-13)27-19-23-20-16(12-3-4-12)24(19)14-7-8-14/h5-6,9-12,14H,3-4,7-8H2,1-2H3/t11-/m1/s1. The minimum absolute atomic E-state index is 0.0123. The summed E-state index contributed by atoms with van der Waals surface area (Å²) >= 11 is 1.65. The lowest BCUT2D eigenvalue weighted by Gasteiger charge is -2.10. The fourth-order valence-electron chi connectivity index (χ4n) is 3.12. The fourth-order valence-corrected chi connectivity index (χ4v) is 4.08. The number of methoxy groups -OCH3 is 1. The van der Waals surface area contributed by atoms with Crippen molar-refractivity contribution >= 4 is 11.8 Å². The largest absolute Gasteiger partial charge is 0.497 e. The molecule has 0 spiro atoms. The maximum Gasteiger partial charge on any atom is 0.247 e. The first kappa shape index (κ1) is 16.8. The molecule has 7 nitrogen and oxygen atoms in total. The summed E-state index contributed by atoms with van der Waals surface area (Å²) in [6.45, 7) is 2.07. The highest BCUT2D eigenvalue weighted by molar-refractivity contribution is 7.99. The molecule has 2 fully saturated rings. The Kier molecular flexibility index (Phi) is 4.15. The number of hydrogen-bond acceptors (Lipinski definition) is 7. The van der Waals surface area contributed by atoms with Crippen molar-refractivity contribution in [2.45, 2.75) is 55.0 Å². The molecule has 5 rings (SSSR count). The lowest BCUT2D eigenvalue weighted by molar-refractivity contribution is 0.415. The topological polar surface area (TPSA) is 78.9 Å². The van der Waals surface area contributed by atoms with Crippen LogP contribution in [-0.4, -0.2) is 32.1 Å². The van der Waals surface area contributed by atoms with Crippen molar-refractivity contribution in [3.8, 4) is 17.2 Å². The van der Waals surface area contributed by atoms with Crippen LogP contribution in [0.3, 0.4) is 0 Å². The van der Waals surface area contributed by atoms with Crippen LogP contribution >= 0.6 is 11.8 Å². The van der Waals surface area contributed by atoms with E-state index in [9.17, 15) is 0 Å².